The van der Waals surface area contributed by atoms with E-state index in [1.54, 1.807) is 24.3 Å². The van der Waals surface area contributed by atoms with Gasteiger partial charge in [-0.2, -0.15) is 5.10 Å². The average Bonchev–Trinajstić information content (AvgIpc) is 2.95. The second kappa shape index (κ2) is 6.85. The molecule has 0 aliphatic rings. The molecule has 0 saturated heterocycles. The van der Waals surface area contributed by atoms with Crippen molar-refractivity contribution >= 4 is 34.0 Å². The van der Waals surface area contributed by atoms with Crippen LogP contribution in [0.15, 0.2) is 50.6 Å². The molecule has 21 heavy (non-hydrogen) atoms. The van der Waals surface area contributed by atoms with Gasteiger partial charge in [0.25, 0.3) is 0 Å². The third-order valence-electron chi connectivity index (χ3n) is 2.33. The number of hydrogen-bond donors (Lipinski definition) is 1. The Labute approximate surface area is 128 Å². The van der Waals surface area contributed by atoms with Crippen LogP contribution in [-0.4, -0.2) is 18.1 Å². The van der Waals surface area contributed by atoms with Crippen LogP contribution in [0.3, 0.4) is 0 Å². The van der Waals surface area contributed by atoms with Crippen molar-refractivity contribution in [1.29, 1.82) is 0 Å². The molecule has 0 bridgehead atoms. The molecule has 2 aromatic rings. The van der Waals surface area contributed by atoms with Crippen molar-refractivity contribution in [2.75, 3.05) is 0 Å². The normalized spacial score (nSPS) is 10.6. The van der Waals surface area contributed by atoms with Crippen LogP contribution >= 0.6 is 15.9 Å². The van der Waals surface area contributed by atoms with E-state index in [4.69, 9.17) is 9.15 Å². The first-order chi connectivity index (χ1) is 10.1. The van der Waals surface area contributed by atoms with Crippen molar-refractivity contribution in [3.05, 3.63) is 52.4 Å². The first-order valence-electron chi connectivity index (χ1n) is 5.91. The molecule has 2 rings (SSSR count). The van der Waals surface area contributed by atoms with Crippen molar-refractivity contribution in [3.63, 3.8) is 0 Å². The summed E-state index contributed by atoms with van der Waals surface area (Å²) in [4.78, 5) is 22.4. The van der Waals surface area contributed by atoms with Gasteiger partial charge in [-0.3, -0.25) is 9.59 Å². The molecule has 6 nitrogen and oxygen atoms in total. The quantitative estimate of drug-likeness (QED) is 0.398. The first-order valence-corrected chi connectivity index (χ1v) is 6.70. The van der Waals surface area contributed by atoms with Crippen molar-refractivity contribution in [2.45, 2.75) is 6.92 Å². The molecule has 0 saturated carbocycles. The standard InChI is InChI=1S/C14H11BrN2O4/c1-9(18)21-12-5-4-10(7-11(12)15)8-16-17-14(19)13-3-2-6-20-13/h2-8H,1H3,(H,17,19)/b16-8-. The van der Waals surface area contributed by atoms with E-state index in [1.165, 1.54) is 25.5 Å². The minimum Gasteiger partial charge on any atom is -0.459 e. The Kier molecular flexibility index (Phi) is 4.89. The maximum absolute atomic E-state index is 11.6. The second-order valence-electron chi connectivity index (χ2n) is 3.96. The lowest BCUT2D eigenvalue weighted by molar-refractivity contribution is -0.131. The number of ether oxygens (including phenoxy) is 1. The van der Waals surface area contributed by atoms with Crippen molar-refractivity contribution < 1.29 is 18.7 Å². The third-order valence-corrected chi connectivity index (χ3v) is 2.95. The zero-order chi connectivity index (χ0) is 15.2. The fraction of sp³-hybridized carbons (Fsp3) is 0.0714. The first kappa shape index (κ1) is 15.0. The average molecular weight is 351 g/mol. The number of benzene rings is 1. The fourth-order valence-electron chi connectivity index (χ4n) is 1.46. The molecule has 0 atom stereocenters. The number of furan rings is 1. The smallest absolute Gasteiger partial charge is 0.308 e. The Morgan fingerprint density at radius 2 is 2.19 bits per heavy atom. The summed E-state index contributed by atoms with van der Waals surface area (Å²) in [5, 5.41) is 3.82. The van der Waals surface area contributed by atoms with Crippen LogP contribution in [0.2, 0.25) is 0 Å². The third kappa shape index (κ3) is 4.28. The van der Waals surface area contributed by atoms with Gasteiger partial charge in [0.05, 0.1) is 17.0 Å². The van der Waals surface area contributed by atoms with Crippen LogP contribution < -0.4 is 10.2 Å². The summed E-state index contributed by atoms with van der Waals surface area (Å²) in [6.45, 7) is 1.33. The number of rotatable bonds is 4. The fourth-order valence-corrected chi connectivity index (χ4v) is 1.94. The van der Waals surface area contributed by atoms with Gasteiger partial charge in [-0.15, -0.1) is 0 Å². The topological polar surface area (TPSA) is 80.9 Å². The van der Waals surface area contributed by atoms with Crippen LogP contribution in [0, 0.1) is 0 Å². The second-order valence-corrected chi connectivity index (χ2v) is 4.81. The van der Waals surface area contributed by atoms with Gasteiger partial charge in [0.2, 0.25) is 0 Å². The van der Waals surface area contributed by atoms with Gasteiger partial charge < -0.3 is 9.15 Å². The van der Waals surface area contributed by atoms with E-state index < -0.39 is 11.9 Å². The molecule has 0 radical (unpaired) electrons. The van der Waals surface area contributed by atoms with Gasteiger partial charge in [0.15, 0.2) is 5.76 Å². The van der Waals surface area contributed by atoms with E-state index in [2.05, 4.69) is 26.5 Å². The molecule has 0 spiro atoms. The Balaban J connectivity index is 1.99. The highest BCUT2D eigenvalue weighted by molar-refractivity contribution is 9.10. The lowest BCUT2D eigenvalue weighted by Gasteiger charge is -2.04. The van der Waals surface area contributed by atoms with E-state index in [1.807, 2.05) is 0 Å². The summed E-state index contributed by atoms with van der Waals surface area (Å²) in [6.07, 6.45) is 2.87. The van der Waals surface area contributed by atoms with Crippen LogP contribution in [0.5, 0.6) is 5.75 Å². The molecule has 1 amide bonds. The van der Waals surface area contributed by atoms with Crippen LogP contribution in [-0.2, 0) is 4.79 Å². The molecule has 0 fully saturated rings. The lowest BCUT2D eigenvalue weighted by Crippen LogP contribution is -2.16. The molecule has 1 aromatic carbocycles. The number of carbonyl (C=O) groups is 2. The van der Waals surface area contributed by atoms with Gasteiger partial charge in [0.1, 0.15) is 5.75 Å². The maximum atomic E-state index is 11.6. The number of esters is 1. The number of hydrazone groups is 1. The molecule has 0 aliphatic carbocycles. The summed E-state index contributed by atoms with van der Waals surface area (Å²) >= 11 is 3.29. The number of nitrogens with one attached hydrogen (secondary N) is 1. The zero-order valence-electron chi connectivity index (χ0n) is 11.0. The van der Waals surface area contributed by atoms with Gasteiger partial charge >= 0.3 is 11.9 Å². The van der Waals surface area contributed by atoms with E-state index >= 15 is 0 Å². The Morgan fingerprint density at radius 1 is 1.38 bits per heavy atom. The summed E-state index contributed by atoms with van der Waals surface area (Å²) in [6, 6.07) is 8.19. The highest BCUT2D eigenvalue weighted by atomic mass is 79.9. The minimum absolute atomic E-state index is 0.179. The predicted molar refractivity (Wildman–Crippen MR) is 79.2 cm³/mol. The number of amides is 1. The van der Waals surface area contributed by atoms with E-state index in [0.717, 1.165) is 5.56 Å². The number of nitrogens with zero attached hydrogens (tertiary/aromatic N) is 1. The predicted octanol–water partition coefficient (Wildman–Crippen LogP) is 2.73. The molecule has 0 unspecified atom stereocenters. The molecule has 1 heterocycles. The molecular formula is C14H11BrN2O4. The van der Waals surface area contributed by atoms with Crippen molar-refractivity contribution in [1.82, 2.24) is 5.43 Å². The Morgan fingerprint density at radius 3 is 2.81 bits per heavy atom. The highest BCUT2D eigenvalue weighted by Crippen LogP contribution is 2.25. The van der Waals surface area contributed by atoms with Gasteiger partial charge in [-0.1, -0.05) is 0 Å². The van der Waals surface area contributed by atoms with Crippen molar-refractivity contribution in [3.8, 4) is 5.75 Å². The molecule has 108 valence electrons. The summed E-state index contributed by atoms with van der Waals surface area (Å²) in [5.74, 6) is -0.243. The van der Waals surface area contributed by atoms with Crippen LogP contribution in [0.4, 0.5) is 0 Å². The molecule has 7 heteroatoms. The van der Waals surface area contributed by atoms with E-state index in [9.17, 15) is 9.59 Å². The minimum atomic E-state index is -0.438. The van der Waals surface area contributed by atoms with Gasteiger partial charge in [0, 0.05) is 6.92 Å². The highest BCUT2D eigenvalue weighted by Gasteiger charge is 2.06. The summed E-state index contributed by atoms with van der Waals surface area (Å²) in [5.41, 5.74) is 3.06. The van der Waals surface area contributed by atoms with Crippen LogP contribution in [0.25, 0.3) is 0 Å². The lowest BCUT2D eigenvalue weighted by atomic mass is 10.2. The largest absolute Gasteiger partial charge is 0.459 e. The van der Waals surface area contributed by atoms with Gasteiger partial charge in [-0.05, 0) is 51.8 Å². The van der Waals surface area contributed by atoms with Crippen LogP contribution in [0.1, 0.15) is 23.0 Å². The van der Waals surface area contributed by atoms with Crippen molar-refractivity contribution in [2.24, 2.45) is 5.10 Å². The molecular weight excluding hydrogens is 340 g/mol. The number of hydrogen-bond acceptors (Lipinski definition) is 5. The van der Waals surface area contributed by atoms with Gasteiger partial charge in [-0.25, -0.2) is 5.43 Å². The Bertz CT molecular complexity index is 680. The summed E-state index contributed by atoms with van der Waals surface area (Å²) in [7, 11) is 0. The molecule has 1 N–H and O–H groups in total. The maximum Gasteiger partial charge on any atom is 0.308 e. The van der Waals surface area contributed by atoms with E-state index in [-0.39, 0.29) is 5.76 Å². The SMILES string of the molecule is CC(=O)Oc1ccc(/C=N\NC(=O)c2ccco2)cc1Br. The number of carbonyl (C=O) groups excluding carboxylic acids is 2. The molecule has 1 aromatic heterocycles. The van der Waals surface area contributed by atoms with E-state index in [0.29, 0.717) is 10.2 Å². The number of halogens is 1. The summed E-state index contributed by atoms with van der Waals surface area (Å²) < 4.78 is 10.5. The molecule has 0 aliphatic heterocycles. The monoisotopic (exact) mass is 350 g/mol. The zero-order valence-corrected chi connectivity index (χ0v) is 12.6. The Hall–Kier alpha value is -2.41.